The Bertz CT molecular complexity index is 160. The topological polar surface area (TPSA) is 37.3 Å². The van der Waals surface area contributed by atoms with Gasteiger partial charge in [0.25, 0.3) is 0 Å². The van der Waals surface area contributed by atoms with Gasteiger partial charge < -0.3 is 5.11 Å². The maximum Gasteiger partial charge on any atom is 0.316 e. The Morgan fingerprint density at radius 2 is 2.00 bits per heavy atom. The molecule has 0 aromatic heterocycles. The van der Waals surface area contributed by atoms with Gasteiger partial charge in [-0.05, 0) is 29.6 Å². The maximum atomic E-state index is 10.8. The van der Waals surface area contributed by atoms with Gasteiger partial charge in [-0.25, -0.2) is 0 Å². The smallest absolute Gasteiger partial charge is 0.316 e. The van der Waals surface area contributed by atoms with Crippen molar-refractivity contribution in [1.29, 1.82) is 0 Å². The van der Waals surface area contributed by atoms with Gasteiger partial charge in [-0.3, -0.25) is 4.79 Å². The minimum Gasteiger partial charge on any atom is -0.480 e. The second kappa shape index (κ2) is 8.48. The third-order valence-electron chi connectivity index (χ3n) is 1.78. The van der Waals surface area contributed by atoms with Crippen molar-refractivity contribution in [3.8, 4) is 0 Å². The molecule has 4 heteroatoms. The Kier molecular flexibility index (Phi) is 8.58. The predicted molar refractivity (Wildman–Crippen MR) is 66.3 cm³/mol. The molecule has 1 N–H and O–H groups in total. The summed E-state index contributed by atoms with van der Waals surface area (Å²) in [4.78, 5) is 10.8. The van der Waals surface area contributed by atoms with Gasteiger partial charge in [0, 0.05) is 0 Å². The van der Waals surface area contributed by atoms with E-state index in [1.807, 2.05) is 25.6 Å². The Balaban J connectivity index is 3.57. The summed E-state index contributed by atoms with van der Waals surface area (Å²) < 4.78 is 0. The van der Waals surface area contributed by atoms with Crippen LogP contribution in [0.15, 0.2) is 0 Å². The first-order valence-electron chi connectivity index (χ1n) is 5.01. The zero-order valence-electron chi connectivity index (χ0n) is 9.16. The quantitative estimate of drug-likeness (QED) is 0.657. The molecular formula is C10H20O2S2. The molecule has 84 valence electrons. The summed E-state index contributed by atoms with van der Waals surface area (Å²) in [6, 6.07) is 0. The number of rotatable bonds is 8. The molecule has 0 aromatic carbocycles. The SMILES string of the molecule is CCSCCCSC(C(=O)O)C(C)C. The van der Waals surface area contributed by atoms with Crippen LogP contribution in [0.5, 0.6) is 0 Å². The molecule has 0 saturated heterocycles. The Morgan fingerprint density at radius 1 is 1.36 bits per heavy atom. The molecule has 2 nitrogen and oxygen atoms in total. The number of hydrogen-bond acceptors (Lipinski definition) is 3. The van der Waals surface area contributed by atoms with Crippen LogP contribution in [0.1, 0.15) is 27.2 Å². The van der Waals surface area contributed by atoms with Crippen molar-refractivity contribution in [2.45, 2.75) is 32.4 Å². The molecule has 0 heterocycles. The minimum atomic E-state index is -0.673. The first-order chi connectivity index (χ1) is 6.59. The Hall–Kier alpha value is 0.170. The lowest BCUT2D eigenvalue weighted by atomic mass is 10.1. The largest absolute Gasteiger partial charge is 0.480 e. The molecule has 0 radical (unpaired) electrons. The van der Waals surface area contributed by atoms with Gasteiger partial charge in [-0.1, -0.05) is 20.8 Å². The highest BCUT2D eigenvalue weighted by atomic mass is 32.2. The molecule has 14 heavy (non-hydrogen) atoms. The summed E-state index contributed by atoms with van der Waals surface area (Å²) in [5, 5.41) is 8.69. The van der Waals surface area contributed by atoms with Gasteiger partial charge in [0.05, 0.1) is 0 Å². The lowest BCUT2D eigenvalue weighted by Gasteiger charge is -2.15. The minimum absolute atomic E-state index is 0.219. The number of carbonyl (C=O) groups is 1. The van der Waals surface area contributed by atoms with E-state index >= 15 is 0 Å². The lowest BCUT2D eigenvalue weighted by Crippen LogP contribution is -2.23. The first-order valence-corrected chi connectivity index (χ1v) is 7.22. The van der Waals surface area contributed by atoms with Crippen molar-refractivity contribution in [2.75, 3.05) is 17.3 Å². The zero-order valence-corrected chi connectivity index (χ0v) is 10.8. The molecule has 0 aliphatic rings. The summed E-state index contributed by atoms with van der Waals surface area (Å²) in [5.41, 5.74) is 0. The highest BCUT2D eigenvalue weighted by molar-refractivity contribution is 8.01. The molecule has 0 rings (SSSR count). The maximum absolute atomic E-state index is 10.8. The van der Waals surface area contributed by atoms with Crippen LogP contribution in [0.4, 0.5) is 0 Å². The van der Waals surface area contributed by atoms with Gasteiger partial charge in [0.1, 0.15) is 5.25 Å². The average molecular weight is 236 g/mol. The fraction of sp³-hybridized carbons (Fsp3) is 0.900. The lowest BCUT2D eigenvalue weighted by molar-refractivity contribution is -0.137. The predicted octanol–water partition coefficient (Wildman–Crippen LogP) is 2.97. The molecular weight excluding hydrogens is 216 g/mol. The molecule has 0 spiro atoms. The van der Waals surface area contributed by atoms with E-state index in [1.54, 1.807) is 11.8 Å². The number of hydrogen-bond donors (Lipinski definition) is 1. The van der Waals surface area contributed by atoms with Gasteiger partial charge in [-0.15, -0.1) is 11.8 Å². The molecule has 0 aliphatic carbocycles. The van der Waals surface area contributed by atoms with Crippen LogP contribution in [0.25, 0.3) is 0 Å². The van der Waals surface area contributed by atoms with E-state index in [1.165, 1.54) is 0 Å². The highest BCUT2D eigenvalue weighted by Crippen LogP contribution is 2.21. The van der Waals surface area contributed by atoms with E-state index in [0.29, 0.717) is 0 Å². The van der Waals surface area contributed by atoms with Gasteiger partial charge in [0.2, 0.25) is 0 Å². The Morgan fingerprint density at radius 3 is 2.43 bits per heavy atom. The molecule has 1 atom stereocenters. The first kappa shape index (κ1) is 14.2. The molecule has 0 saturated carbocycles. The van der Waals surface area contributed by atoms with Crippen molar-refractivity contribution in [3.63, 3.8) is 0 Å². The monoisotopic (exact) mass is 236 g/mol. The Labute approximate surface area is 95.2 Å². The summed E-state index contributed by atoms with van der Waals surface area (Å²) in [6.45, 7) is 6.07. The number of aliphatic carboxylic acids is 1. The molecule has 0 aliphatic heterocycles. The summed E-state index contributed by atoms with van der Waals surface area (Å²) >= 11 is 3.49. The summed E-state index contributed by atoms with van der Waals surface area (Å²) in [6.07, 6.45) is 1.11. The van der Waals surface area contributed by atoms with E-state index < -0.39 is 5.97 Å². The van der Waals surface area contributed by atoms with E-state index in [-0.39, 0.29) is 11.2 Å². The van der Waals surface area contributed by atoms with Crippen molar-refractivity contribution < 1.29 is 9.90 Å². The van der Waals surface area contributed by atoms with Crippen LogP contribution in [-0.4, -0.2) is 33.6 Å². The molecule has 0 bridgehead atoms. The molecule has 0 amide bonds. The van der Waals surface area contributed by atoms with Crippen molar-refractivity contribution in [1.82, 2.24) is 0 Å². The average Bonchev–Trinajstić information content (AvgIpc) is 2.09. The van der Waals surface area contributed by atoms with Crippen LogP contribution in [0.2, 0.25) is 0 Å². The van der Waals surface area contributed by atoms with E-state index in [4.69, 9.17) is 5.11 Å². The second-order valence-corrected chi connectivity index (χ2v) is 6.07. The van der Waals surface area contributed by atoms with Crippen molar-refractivity contribution >= 4 is 29.5 Å². The summed E-state index contributed by atoms with van der Waals surface area (Å²) in [7, 11) is 0. The van der Waals surface area contributed by atoms with Gasteiger partial charge in [-0.2, -0.15) is 11.8 Å². The number of carboxylic acid groups (broad SMARTS) is 1. The normalized spacial score (nSPS) is 13.1. The van der Waals surface area contributed by atoms with Crippen LogP contribution < -0.4 is 0 Å². The van der Waals surface area contributed by atoms with Gasteiger partial charge >= 0.3 is 5.97 Å². The van der Waals surface area contributed by atoms with E-state index in [2.05, 4.69) is 6.92 Å². The van der Waals surface area contributed by atoms with Crippen LogP contribution in [0.3, 0.4) is 0 Å². The summed E-state index contributed by atoms with van der Waals surface area (Å²) in [5.74, 6) is 2.80. The second-order valence-electron chi connectivity index (χ2n) is 3.42. The number of thioether (sulfide) groups is 2. The fourth-order valence-corrected chi connectivity index (χ4v) is 2.98. The van der Waals surface area contributed by atoms with Crippen LogP contribution in [0, 0.1) is 5.92 Å². The molecule has 0 aromatic rings. The van der Waals surface area contributed by atoms with Crippen LogP contribution in [-0.2, 0) is 4.79 Å². The van der Waals surface area contributed by atoms with Gasteiger partial charge in [0.15, 0.2) is 0 Å². The molecule has 1 unspecified atom stereocenters. The third-order valence-corrected chi connectivity index (χ3v) is 4.40. The highest BCUT2D eigenvalue weighted by Gasteiger charge is 2.20. The van der Waals surface area contributed by atoms with Crippen molar-refractivity contribution in [2.24, 2.45) is 5.92 Å². The van der Waals surface area contributed by atoms with Crippen LogP contribution >= 0.6 is 23.5 Å². The third kappa shape index (κ3) is 6.60. The number of carboxylic acids is 1. The zero-order chi connectivity index (χ0) is 11.0. The van der Waals surface area contributed by atoms with E-state index in [9.17, 15) is 4.79 Å². The van der Waals surface area contributed by atoms with E-state index in [0.717, 1.165) is 23.7 Å². The standard InChI is InChI=1S/C10H20O2S2/c1-4-13-6-5-7-14-9(8(2)3)10(11)12/h8-9H,4-7H2,1-3H3,(H,11,12). The molecule has 0 fully saturated rings. The fourth-order valence-electron chi connectivity index (χ4n) is 1.06. The van der Waals surface area contributed by atoms with Crippen molar-refractivity contribution in [3.05, 3.63) is 0 Å².